The summed E-state index contributed by atoms with van der Waals surface area (Å²) in [6.45, 7) is 1.78. The summed E-state index contributed by atoms with van der Waals surface area (Å²) in [7, 11) is 1.69. The number of nitrogens with two attached hydrogens (primary N) is 1. The van der Waals surface area contributed by atoms with E-state index in [9.17, 15) is 43.2 Å². The van der Waals surface area contributed by atoms with E-state index in [0.29, 0.717) is 51.5 Å². The maximum atomic E-state index is 13.9. The number of esters is 4. The Kier molecular flexibility index (Phi) is 30.0. The van der Waals surface area contributed by atoms with Crippen LogP contribution in [0.15, 0.2) is 121 Å². The third-order valence-corrected chi connectivity index (χ3v) is 12.5. The van der Waals surface area contributed by atoms with Crippen LogP contribution in [0.1, 0.15) is 99.8 Å². The van der Waals surface area contributed by atoms with Crippen LogP contribution < -0.4 is 32.3 Å². The lowest BCUT2D eigenvalue weighted by atomic mass is 10.0. The number of nitrogens with one attached hydrogen (secondary N) is 5. The Hall–Kier alpha value is -7.77. The van der Waals surface area contributed by atoms with Gasteiger partial charge < -0.3 is 56.1 Å². The number of amides is 4. The van der Waals surface area contributed by atoms with Crippen LogP contribution in [-0.2, 0) is 87.8 Å². The van der Waals surface area contributed by atoms with Crippen LogP contribution in [0, 0.1) is 0 Å². The van der Waals surface area contributed by atoms with E-state index in [1.165, 1.54) is 6.92 Å². The fourth-order valence-electron chi connectivity index (χ4n) is 8.13. The molecule has 0 aliphatic heterocycles. The van der Waals surface area contributed by atoms with Gasteiger partial charge in [-0.05, 0) is 94.1 Å². The van der Waals surface area contributed by atoms with Crippen LogP contribution in [0.25, 0.3) is 0 Å². The average Bonchev–Trinajstić information content (AvgIpc) is 3.45. The molecular formula is C60H78N6O13. The van der Waals surface area contributed by atoms with Crippen LogP contribution in [0.5, 0.6) is 0 Å². The number of unbranched alkanes of at least 4 members (excludes halogenated alkanes) is 3. The van der Waals surface area contributed by atoms with E-state index >= 15 is 0 Å². The Morgan fingerprint density at radius 3 is 1.03 bits per heavy atom. The number of Topliss-reactive ketones (excluding diaryl/α,β-unsaturated/α-hetero) is 1. The fraction of sp³-hybridized carbons (Fsp3) is 0.450. The lowest BCUT2D eigenvalue weighted by Crippen LogP contribution is -2.52. The number of benzene rings is 4. The number of ketones is 1. The predicted molar refractivity (Wildman–Crippen MR) is 296 cm³/mol. The molecule has 79 heavy (non-hydrogen) atoms. The molecule has 0 heterocycles. The van der Waals surface area contributed by atoms with E-state index < -0.39 is 71.7 Å². The molecule has 0 aliphatic carbocycles. The van der Waals surface area contributed by atoms with Crippen molar-refractivity contribution in [3.05, 3.63) is 144 Å². The molecule has 0 aromatic heterocycles. The van der Waals surface area contributed by atoms with Crippen molar-refractivity contribution < 1.29 is 62.1 Å². The first-order valence-corrected chi connectivity index (χ1v) is 27.1. The molecule has 4 rings (SSSR count). The number of rotatable bonds is 38. The van der Waals surface area contributed by atoms with Crippen molar-refractivity contribution in [3.63, 3.8) is 0 Å². The molecule has 0 spiro atoms. The Labute approximate surface area is 463 Å². The molecule has 4 aromatic carbocycles. The number of carbonyl (C=O) groups is 9. The highest BCUT2D eigenvalue weighted by molar-refractivity contribution is 5.92. The van der Waals surface area contributed by atoms with Crippen molar-refractivity contribution in [3.8, 4) is 0 Å². The minimum atomic E-state index is -1.12. The monoisotopic (exact) mass is 1090 g/mol. The van der Waals surface area contributed by atoms with Crippen LogP contribution >= 0.6 is 0 Å². The van der Waals surface area contributed by atoms with Crippen molar-refractivity contribution >= 4 is 53.3 Å². The molecule has 0 saturated carbocycles. The van der Waals surface area contributed by atoms with Gasteiger partial charge in [-0.2, -0.15) is 0 Å². The minimum absolute atomic E-state index is 0.00514. The van der Waals surface area contributed by atoms with Gasteiger partial charge in [-0.15, -0.1) is 0 Å². The number of carbonyl (C=O) groups excluding carboxylic acids is 9. The zero-order valence-electron chi connectivity index (χ0n) is 45.5. The molecular weight excluding hydrogens is 1010 g/mol. The highest BCUT2D eigenvalue weighted by Gasteiger charge is 2.29. The molecule has 0 aliphatic rings. The largest absolute Gasteiger partial charge is 0.465 e. The van der Waals surface area contributed by atoms with Gasteiger partial charge in [0.15, 0.2) is 0 Å². The maximum Gasteiger partial charge on any atom is 0.328 e. The van der Waals surface area contributed by atoms with Crippen LogP contribution in [0.4, 0.5) is 0 Å². The zero-order chi connectivity index (χ0) is 57.0. The predicted octanol–water partition coefficient (Wildman–Crippen LogP) is 4.50. The van der Waals surface area contributed by atoms with Crippen molar-refractivity contribution in [2.75, 3.05) is 40.0 Å². The summed E-state index contributed by atoms with van der Waals surface area (Å²) >= 11 is 0. The van der Waals surface area contributed by atoms with Gasteiger partial charge in [-0.1, -0.05) is 121 Å². The highest BCUT2D eigenvalue weighted by Crippen LogP contribution is 2.12. The normalized spacial score (nSPS) is 12.7. The Balaban J connectivity index is 1.27. The topological polar surface area (TPSA) is 277 Å². The Morgan fingerprint density at radius 1 is 0.392 bits per heavy atom. The van der Waals surface area contributed by atoms with E-state index in [0.717, 1.165) is 22.3 Å². The summed E-state index contributed by atoms with van der Waals surface area (Å²) in [4.78, 5) is 117. The first-order valence-electron chi connectivity index (χ1n) is 27.1. The van der Waals surface area contributed by atoms with Crippen molar-refractivity contribution in [2.45, 2.75) is 133 Å². The second-order valence-electron chi connectivity index (χ2n) is 19.1. The molecule has 4 aromatic rings. The van der Waals surface area contributed by atoms with Gasteiger partial charge >= 0.3 is 23.9 Å². The molecule has 5 atom stereocenters. The summed E-state index contributed by atoms with van der Waals surface area (Å²) in [5.41, 5.74) is 9.04. The molecule has 19 nitrogen and oxygen atoms in total. The number of hydrogen-bond acceptors (Lipinski definition) is 15. The smallest absolute Gasteiger partial charge is 0.328 e. The molecule has 4 amide bonds. The first-order chi connectivity index (χ1) is 38.2. The van der Waals surface area contributed by atoms with E-state index in [-0.39, 0.29) is 89.5 Å². The summed E-state index contributed by atoms with van der Waals surface area (Å²) in [6.07, 6.45) is 2.84. The van der Waals surface area contributed by atoms with Crippen molar-refractivity contribution in [1.82, 2.24) is 26.6 Å². The summed E-state index contributed by atoms with van der Waals surface area (Å²) < 4.78 is 22.1. The van der Waals surface area contributed by atoms with Gasteiger partial charge in [0.25, 0.3) is 0 Å². The molecule has 0 saturated heterocycles. The molecule has 426 valence electrons. The number of hydrogen-bond donors (Lipinski definition) is 6. The van der Waals surface area contributed by atoms with E-state index in [4.69, 9.17) is 24.7 Å². The second-order valence-corrected chi connectivity index (χ2v) is 19.1. The lowest BCUT2D eigenvalue weighted by molar-refractivity contribution is -0.150. The lowest BCUT2D eigenvalue weighted by Gasteiger charge is -2.23. The molecule has 0 radical (unpaired) electrons. The quantitative estimate of drug-likeness (QED) is 0.0205. The van der Waals surface area contributed by atoms with Crippen LogP contribution in [0.2, 0.25) is 0 Å². The summed E-state index contributed by atoms with van der Waals surface area (Å²) in [5.74, 6) is -4.89. The van der Waals surface area contributed by atoms with Crippen molar-refractivity contribution in [1.29, 1.82) is 0 Å². The SMILES string of the molecule is CNC(Cc1ccccc1)C(=O)OCCCCOC(=O)C(Cc1ccccc1)NC(=O)C(CCCCN)NC(=O)CCC(=O)NC(Cc1ccccc1)C(=O)OCCCCOC(=O)C(Cc1ccccc1)NC(=O)CCC(C)=O. The number of likely N-dealkylation sites (N-methyl/N-ethyl adjacent to an activating group) is 1. The van der Waals surface area contributed by atoms with Gasteiger partial charge in [0.05, 0.1) is 26.4 Å². The van der Waals surface area contributed by atoms with Gasteiger partial charge in [-0.3, -0.25) is 24.0 Å². The third-order valence-electron chi connectivity index (χ3n) is 12.5. The molecule has 19 heteroatoms. The molecule has 5 unspecified atom stereocenters. The third kappa shape index (κ3) is 26.4. The van der Waals surface area contributed by atoms with Gasteiger partial charge in [-0.25, -0.2) is 14.4 Å². The van der Waals surface area contributed by atoms with Gasteiger partial charge in [0.1, 0.15) is 36.0 Å². The van der Waals surface area contributed by atoms with E-state index in [1.807, 2.05) is 84.9 Å². The highest BCUT2D eigenvalue weighted by atomic mass is 16.5. The van der Waals surface area contributed by atoms with Crippen LogP contribution in [-0.4, -0.2) is 124 Å². The second kappa shape index (κ2) is 37.1. The molecule has 0 fully saturated rings. The van der Waals surface area contributed by atoms with Crippen molar-refractivity contribution in [2.24, 2.45) is 5.73 Å². The molecule has 7 N–H and O–H groups in total. The van der Waals surface area contributed by atoms with Gasteiger partial charge in [0.2, 0.25) is 23.6 Å². The minimum Gasteiger partial charge on any atom is -0.465 e. The zero-order valence-corrected chi connectivity index (χ0v) is 45.5. The summed E-state index contributed by atoms with van der Waals surface area (Å²) in [5, 5.41) is 13.8. The maximum absolute atomic E-state index is 13.9. The molecule has 0 bridgehead atoms. The summed E-state index contributed by atoms with van der Waals surface area (Å²) in [6, 6.07) is 31.9. The van der Waals surface area contributed by atoms with Gasteiger partial charge in [0, 0.05) is 44.9 Å². The first kappa shape index (κ1) is 63.8. The van der Waals surface area contributed by atoms with Crippen LogP contribution in [0.3, 0.4) is 0 Å². The Morgan fingerprint density at radius 2 is 0.696 bits per heavy atom. The Bertz CT molecular complexity index is 2500. The number of ether oxygens (including phenoxy) is 4. The van der Waals surface area contributed by atoms with E-state index in [1.54, 1.807) is 43.4 Å². The fourth-order valence-corrected chi connectivity index (χ4v) is 8.13. The standard InChI is InChI=1S/C60H78N6O13/c1-43(67)30-31-53(68)64-50(40-45-23-9-4-10-24-45)58(73)77-36-19-20-37-78-59(74)51(41-46-25-11-5-12-26-46)65-55(70)33-32-54(69)63-48(29-15-16-34-61)56(71)66-52(42-47-27-13-6-14-28-47)60(75)79-38-18-17-35-76-57(72)49(62-2)39-44-21-7-3-8-22-44/h3-14,21-28,48-52,62H,15-20,29-42,61H2,1-2H3,(H,63,69)(H,64,68)(H,65,70)(H,66,71). The van der Waals surface area contributed by atoms with E-state index in [2.05, 4.69) is 26.6 Å². The average molecular weight is 1090 g/mol.